The molecular formula is C12H17ClN4O2. The van der Waals surface area contributed by atoms with E-state index in [1.54, 1.807) is 7.05 Å². The Hall–Kier alpha value is -1.56. The molecule has 2 aromatic rings. The third-order valence-corrected chi connectivity index (χ3v) is 3.33. The van der Waals surface area contributed by atoms with Crippen molar-refractivity contribution >= 4 is 22.8 Å². The van der Waals surface area contributed by atoms with Gasteiger partial charge in [0.05, 0.1) is 5.88 Å². The van der Waals surface area contributed by atoms with Gasteiger partial charge in [0.25, 0.3) is 5.56 Å². The predicted octanol–water partition coefficient (Wildman–Crippen LogP) is 0.828. The molecule has 0 aliphatic heterocycles. The average Bonchev–Trinajstić information content (AvgIpc) is 2.71. The monoisotopic (exact) mass is 284 g/mol. The smallest absolute Gasteiger partial charge is 0.321 e. The summed E-state index contributed by atoms with van der Waals surface area (Å²) in [5.41, 5.74) is 0.119. The molecule has 0 N–H and O–H groups in total. The Morgan fingerprint density at radius 2 is 1.84 bits per heavy atom. The van der Waals surface area contributed by atoms with Crippen molar-refractivity contribution in [2.24, 2.45) is 20.0 Å². The minimum absolute atomic E-state index is 0.207. The SMILES string of the molecule is CC(C)Cn1c(CCl)nc2c1c(=O)n(C)c(=O)n2C. The summed E-state index contributed by atoms with van der Waals surface area (Å²) < 4.78 is 4.29. The van der Waals surface area contributed by atoms with E-state index in [9.17, 15) is 9.59 Å². The highest BCUT2D eigenvalue weighted by molar-refractivity contribution is 6.16. The van der Waals surface area contributed by atoms with Gasteiger partial charge in [-0.25, -0.2) is 9.78 Å². The molecule has 0 saturated heterocycles. The largest absolute Gasteiger partial charge is 0.332 e. The van der Waals surface area contributed by atoms with Gasteiger partial charge in [-0.1, -0.05) is 13.8 Å². The van der Waals surface area contributed by atoms with Gasteiger partial charge in [0.2, 0.25) is 0 Å². The molecule has 0 spiro atoms. The van der Waals surface area contributed by atoms with Crippen LogP contribution in [0.15, 0.2) is 9.59 Å². The molecule has 0 saturated carbocycles. The molecule has 0 radical (unpaired) electrons. The van der Waals surface area contributed by atoms with E-state index in [0.717, 1.165) is 4.57 Å². The maximum absolute atomic E-state index is 12.3. The van der Waals surface area contributed by atoms with Gasteiger partial charge in [0, 0.05) is 20.6 Å². The first-order chi connectivity index (χ1) is 8.88. The fourth-order valence-corrected chi connectivity index (χ4v) is 2.36. The highest BCUT2D eigenvalue weighted by atomic mass is 35.5. The maximum atomic E-state index is 12.3. The van der Waals surface area contributed by atoms with Crippen LogP contribution in [0.25, 0.3) is 11.2 Å². The minimum atomic E-state index is -0.382. The third kappa shape index (κ3) is 2.10. The molecule has 0 aliphatic rings. The second kappa shape index (κ2) is 4.85. The molecule has 2 aromatic heterocycles. The Morgan fingerprint density at radius 1 is 1.21 bits per heavy atom. The maximum Gasteiger partial charge on any atom is 0.332 e. The molecule has 6 nitrogen and oxygen atoms in total. The summed E-state index contributed by atoms with van der Waals surface area (Å²) in [7, 11) is 3.08. The number of imidazole rings is 1. The first-order valence-corrected chi connectivity index (χ1v) is 6.63. The van der Waals surface area contributed by atoms with Gasteiger partial charge in [0.1, 0.15) is 5.82 Å². The zero-order valence-corrected chi connectivity index (χ0v) is 12.2. The molecule has 0 amide bonds. The zero-order chi connectivity index (χ0) is 14.3. The molecule has 0 bridgehead atoms. The van der Waals surface area contributed by atoms with E-state index >= 15 is 0 Å². The van der Waals surface area contributed by atoms with Crippen LogP contribution in [0.2, 0.25) is 0 Å². The first-order valence-electron chi connectivity index (χ1n) is 6.09. The molecule has 104 valence electrons. The molecular weight excluding hydrogens is 268 g/mol. The van der Waals surface area contributed by atoms with E-state index in [2.05, 4.69) is 18.8 Å². The van der Waals surface area contributed by atoms with Crippen molar-refractivity contribution in [3.63, 3.8) is 0 Å². The Labute approximate surface area is 115 Å². The van der Waals surface area contributed by atoms with E-state index in [1.807, 2.05) is 4.57 Å². The first kappa shape index (κ1) is 13.9. The summed E-state index contributed by atoms with van der Waals surface area (Å²) in [5, 5.41) is 0. The quantitative estimate of drug-likeness (QED) is 0.784. The molecule has 0 aliphatic carbocycles. The van der Waals surface area contributed by atoms with Crippen molar-refractivity contribution in [3.8, 4) is 0 Å². The predicted molar refractivity (Wildman–Crippen MR) is 74.6 cm³/mol. The standard InChI is InChI=1S/C12H17ClN4O2/c1-7(2)6-17-8(5-13)14-10-9(17)11(18)16(4)12(19)15(10)3/h7H,5-6H2,1-4H3. The van der Waals surface area contributed by atoms with Crippen LogP contribution < -0.4 is 11.2 Å². The number of rotatable bonds is 3. The summed E-state index contributed by atoms with van der Waals surface area (Å²) >= 11 is 5.89. The van der Waals surface area contributed by atoms with Crippen molar-refractivity contribution in [2.75, 3.05) is 0 Å². The van der Waals surface area contributed by atoms with E-state index in [0.29, 0.717) is 29.5 Å². The van der Waals surface area contributed by atoms with Gasteiger partial charge in [0.15, 0.2) is 11.2 Å². The Kier molecular flexibility index (Phi) is 3.54. The molecule has 2 rings (SSSR count). The van der Waals surface area contributed by atoms with E-state index in [1.165, 1.54) is 11.6 Å². The summed E-state index contributed by atoms with van der Waals surface area (Å²) in [6, 6.07) is 0. The number of aromatic nitrogens is 4. The van der Waals surface area contributed by atoms with Crippen molar-refractivity contribution in [2.45, 2.75) is 26.3 Å². The van der Waals surface area contributed by atoms with E-state index in [-0.39, 0.29) is 17.1 Å². The van der Waals surface area contributed by atoms with Crippen LogP contribution in [0.5, 0.6) is 0 Å². The minimum Gasteiger partial charge on any atom is -0.321 e. The van der Waals surface area contributed by atoms with E-state index < -0.39 is 0 Å². The fraction of sp³-hybridized carbons (Fsp3) is 0.583. The van der Waals surface area contributed by atoms with Crippen LogP contribution >= 0.6 is 11.6 Å². The normalized spacial score (nSPS) is 11.7. The lowest BCUT2D eigenvalue weighted by atomic mass is 10.2. The number of hydrogen-bond acceptors (Lipinski definition) is 3. The number of aryl methyl sites for hydroxylation is 1. The van der Waals surface area contributed by atoms with Crippen molar-refractivity contribution in [3.05, 3.63) is 26.7 Å². The number of hydrogen-bond donors (Lipinski definition) is 0. The molecule has 0 atom stereocenters. The van der Waals surface area contributed by atoms with E-state index in [4.69, 9.17) is 11.6 Å². The van der Waals surface area contributed by atoms with Gasteiger partial charge in [-0.15, -0.1) is 11.6 Å². The van der Waals surface area contributed by atoms with Gasteiger partial charge in [-0.3, -0.25) is 13.9 Å². The molecule has 0 aromatic carbocycles. The van der Waals surface area contributed by atoms with Gasteiger partial charge in [-0.05, 0) is 5.92 Å². The van der Waals surface area contributed by atoms with Crippen LogP contribution in [0, 0.1) is 5.92 Å². The third-order valence-electron chi connectivity index (χ3n) is 3.09. The van der Waals surface area contributed by atoms with Crippen molar-refractivity contribution in [1.29, 1.82) is 0 Å². The molecule has 7 heteroatoms. The lowest BCUT2D eigenvalue weighted by molar-refractivity contribution is 0.520. The average molecular weight is 285 g/mol. The second-order valence-corrected chi connectivity index (χ2v) is 5.31. The molecule has 19 heavy (non-hydrogen) atoms. The number of halogens is 1. The summed E-state index contributed by atoms with van der Waals surface area (Å²) in [6.45, 7) is 4.75. The Balaban J connectivity index is 2.95. The van der Waals surface area contributed by atoms with Gasteiger partial charge in [-0.2, -0.15) is 0 Å². The lowest BCUT2D eigenvalue weighted by Crippen LogP contribution is -2.37. The van der Waals surface area contributed by atoms with Crippen LogP contribution in [-0.4, -0.2) is 18.7 Å². The fourth-order valence-electron chi connectivity index (χ4n) is 2.16. The topological polar surface area (TPSA) is 61.8 Å². The van der Waals surface area contributed by atoms with Crippen LogP contribution in [0.1, 0.15) is 19.7 Å². The van der Waals surface area contributed by atoms with Crippen LogP contribution in [0.3, 0.4) is 0 Å². The highest BCUT2D eigenvalue weighted by Crippen LogP contribution is 2.15. The Morgan fingerprint density at radius 3 is 2.37 bits per heavy atom. The zero-order valence-electron chi connectivity index (χ0n) is 11.5. The van der Waals surface area contributed by atoms with Gasteiger partial charge >= 0.3 is 5.69 Å². The molecule has 0 fully saturated rings. The summed E-state index contributed by atoms with van der Waals surface area (Å²) in [4.78, 5) is 28.5. The highest BCUT2D eigenvalue weighted by Gasteiger charge is 2.18. The van der Waals surface area contributed by atoms with Gasteiger partial charge < -0.3 is 4.57 Å². The number of nitrogens with zero attached hydrogens (tertiary/aromatic N) is 4. The molecule has 0 unspecified atom stereocenters. The van der Waals surface area contributed by atoms with Crippen LogP contribution in [0.4, 0.5) is 0 Å². The number of alkyl halides is 1. The Bertz CT molecular complexity index is 739. The lowest BCUT2D eigenvalue weighted by Gasteiger charge is -2.10. The summed E-state index contributed by atoms with van der Waals surface area (Å²) in [5.74, 6) is 1.17. The number of fused-ring (bicyclic) bond motifs is 1. The second-order valence-electron chi connectivity index (χ2n) is 5.04. The summed E-state index contributed by atoms with van der Waals surface area (Å²) in [6.07, 6.45) is 0. The van der Waals surface area contributed by atoms with Crippen molar-refractivity contribution in [1.82, 2.24) is 18.7 Å². The van der Waals surface area contributed by atoms with Crippen LogP contribution in [-0.2, 0) is 26.5 Å². The molecule has 2 heterocycles. The van der Waals surface area contributed by atoms with Crippen molar-refractivity contribution < 1.29 is 0 Å².